The molecule has 5 aromatic rings. The first kappa shape index (κ1) is 51.0. The molecule has 0 saturated carbocycles. The van der Waals surface area contributed by atoms with Crippen molar-refractivity contribution in [2.24, 2.45) is 11.8 Å². The molecule has 2 aromatic heterocycles. The number of carbonyl (C=O) groups excluding carboxylic acids is 5. The van der Waals surface area contributed by atoms with Gasteiger partial charge in [-0.15, -0.1) is 0 Å². The molecule has 4 aliphatic rings. The fourth-order valence-electron chi connectivity index (χ4n) is 10.7. The number of hydrogen-bond acceptors (Lipinski definition) is 11. The van der Waals surface area contributed by atoms with E-state index in [0.29, 0.717) is 105 Å². The minimum atomic E-state index is -0.612. The van der Waals surface area contributed by atoms with Crippen LogP contribution in [0.25, 0.3) is 21.9 Å². The molecule has 1 atom stereocenters. The molecular formula is C55H66FN11O6. The van der Waals surface area contributed by atoms with Gasteiger partial charge in [0.15, 0.2) is 5.69 Å². The third kappa shape index (κ3) is 12.5. The molecule has 0 radical (unpaired) electrons. The van der Waals surface area contributed by atoms with E-state index in [2.05, 4.69) is 54.7 Å². The zero-order valence-electron chi connectivity index (χ0n) is 41.9. The van der Waals surface area contributed by atoms with Gasteiger partial charge < -0.3 is 30.2 Å². The summed E-state index contributed by atoms with van der Waals surface area (Å²) in [5.41, 5.74) is 4.53. The predicted octanol–water partition coefficient (Wildman–Crippen LogP) is 4.13. The highest BCUT2D eigenvalue weighted by atomic mass is 19.1. The Morgan fingerprint density at radius 2 is 1.47 bits per heavy atom. The molecule has 5 amide bonds. The summed E-state index contributed by atoms with van der Waals surface area (Å²) < 4.78 is 15.1. The van der Waals surface area contributed by atoms with Crippen LogP contribution in [0.15, 0.2) is 83.8 Å². The van der Waals surface area contributed by atoms with Crippen molar-refractivity contribution in [3.63, 3.8) is 0 Å². The van der Waals surface area contributed by atoms with Gasteiger partial charge in [0, 0.05) is 109 Å². The number of aromatic nitrogens is 3. The van der Waals surface area contributed by atoms with Crippen molar-refractivity contribution in [1.29, 1.82) is 0 Å². The van der Waals surface area contributed by atoms with Crippen molar-refractivity contribution in [3.8, 4) is 11.1 Å². The number of piperazine rings is 2. The quantitative estimate of drug-likeness (QED) is 0.137. The minimum absolute atomic E-state index is 0.0249. The topological polar surface area (TPSA) is 187 Å². The number of aryl methyl sites for hydroxylation is 1. The number of rotatable bonds is 15. The van der Waals surface area contributed by atoms with Crippen LogP contribution in [0.5, 0.6) is 0 Å². The smallest absolute Gasteiger partial charge is 0.274 e. The molecule has 0 bridgehead atoms. The van der Waals surface area contributed by atoms with Gasteiger partial charge in [-0.2, -0.15) is 5.10 Å². The van der Waals surface area contributed by atoms with Gasteiger partial charge >= 0.3 is 0 Å². The maximum absolute atomic E-state index is 15.1. The van der Waals surface area contributed by atoms with Crippen molar-refractivity contribution in [3.05, 3.63) is 123 Å². The zero-order valence-corrected chi connectivity index (χ0v) is 41.9. The molecule has 4 aliphatic heterocycles. The molecule has 17 nitrogen and oxygen atoms in total. The Balaban J connectivity index is 0.718. The summed E-state index contributed by atoms with van der Waals surface area (Å²) in [4.78, 5) is 95.1. The van der Waals surface area contributed by atoms with Crippen LogP contribution < -0.4 is 16.2 Å². The second-order valence-corrected chi connectivity index (χ2v) is 20.1. The van der Waals surface area contributed by atoms with Gasteiger partial charge in [0.1, 0.15) is 5.82 Å². The summed E-state index contributed by atoms with van der Waals surface area (Å²) >= 11 is 0. The first-order chi connectivity index (χ1) is 35.4. The minimum Gasteiger partial charge on any atom is -0.345 e. The molecule has 3 N–H and O–H groups in total. The van der Waals surface area contributed by atoms with E-state index in [1.807, 2.05) is 35.2 Å². The number of H-pyrrole nitrogens is 1. The number of aromatic amines is 1. The molecule has 3 aromatic carbocycles. The molecule has 18 heteroatoms. The fraction of sp³-hybridized carbons (Fsp3) is 0.455. The fourth-order valence-corrected chi connectivity index (χ4v) is 10.7. The van der Waals surface area contributed by atoms with Gasteiger partial charge in [-0.3, -0.25) is 38.6 Å². The monoisotopic (exact) mass is 996 g/mol. The van der Waals surface area contributed by atoms with Gasteiger partial charge in [-0.25, -0.2) is 14.5 Å². The summed E-state index contributed by atoms with van der Waals surface area (Å²) in [5.74, 6) is -0.620. The maximum atomic E-state index is 15.1. The van der Waals surface area contributed by atoms with Crippen LogP contribution in [-0.4, -0.2) is 179 Å². The molecule has 384 valence electrons. The molecule has 0 unspecified atom stereocenters. The van der Waals surface area contributed by atoms with Crippen LogP contribution in [0.2, 0.25) is 0 Å². The number of pyridine rings is 1. The van der Waals surface area contributed by atoms with E-state index in [9.17, 15) is 28.8 Å². The first-order valence-corrected chi connectivity index (χ1v) is 25.8. The van der Waals surface area contributed by atoms with E-state index >= 15 is 4.39 Å². The lowest BCUT2D eigenvalue weighted by Gasteiger charge is -2.39. The van der Waals surface area contributed by atoms with Crippen LogP contribution in [0.3, 0.4) is 0 Å². The summed E-state index contributed by atoms with van der Waals surface area (Å²) in [6.07, 6.45) is 6.10. The first-order valence-electron chi connectivity index (χ1n) is 25.8. The number of hydrogen-bond donors (Lipinski definition) is 3. The number of piperidine rings is 2. The van der Waals surface area contributed by atoms with E-state index in [1.54, 1.807) is 52.2 Å². The number of likely N-dealkylation sites (tertiary alicyclic amines) is 2. The Kier molecular flexibility index (Phi) is 16.3. The number of nitrogens with one attached hydrogen (secondary N) is 3. The van der Waals surface area contributed by atoms with Gasteiger partial charge in [-0.05, 0) is 91.6 Å². The molecule has 4 saturated heterocycles. The van der Waals surface area contributed by atoms with Gasteiger partial charge in [0.2, 0.25) is 17.7 Å². The third-order valence-electron chi connectivity index (χ3n) is 15.0. The van der Waals surface area contributed by atoms with Gasteiger partial charge in [0.25, 0.3) is 17.4 Å². The standard InChI is InChI=1S/C55H66FN11O6/c1-3-37-7-6-8-41(27-37)42-30-48(59-49(68)33-57-31-40-12-14-50(69)62(2)34-40)52(58-32-42)55(73)67-21-19-64(20-22-67)35-38-15-17-63(18-16-38)36-51(70)65-23-25-66(26-24-65)54(72)45-28-39(11-13-46(45)56)29-47-43-9-4-5-10-44(43)53(71)61-60-47/h4-11,13,27-28,30,32,38,40,57H,3,12,14-26,29,31,33-36H2,1-2H3,(H,59,68)(H,61,71)/t40-/m1/s1. The average molecular weight is 996 g/mol. The van der Waals surface area contributed by atoms with Crippen LogP contribution in [0.1, 0.15) is 70.3 Å². The Morgan fingerprint density at radius 1 is 0.740 bits per heavy atom. The Morgan fingerprint density at radius 3 is 2.22 bits per heavy atom. The number of anilines is 1. The lowest BCUT2D eigenvalue weighted by Crippen LogP contribution is -2.53. The Bertz CT molecular complexity index is 2890. The SMILES string of the molecule is CCc1cccc(-c2cnc(C(=O)N3CCN(CC4CCN(CC(=O)N5CCN(C(=O)c6cc(Cc7n[nH]c(=O)c8ccccc78)ccc6F)CC5)CC4)CC3)c(NC(=O)CNC[C@H]3CCC(=O)N(C)C3)c2)c1. The van der Waals surface area contributed by atoms with E-state index in [4.69, 9.17) is 0 Å². The van der Waals surface area contributed by atoms with Crippen molar-refractivity contribution in [2.45, 2.75) is 45.4 Å². The predicted molar refractivity (Wildman–Crippen MR) is 276 cm³/mol. The van der Waals surface area contributed by atoms with Crippen LogP contribution >= 0.6 is 0 Å². The van der Waals surface area contributed by atoms with Crippen LogP contribution in [0.4, 0.5) is 10.1 Å². The molecule has 9 rings (SSSR count). The molecule has 73 heavy (non-hydrogen) atoms. The van der Waals surface area contributed by atoms with E-state index < -0.39 is 11.7 Å². The molecular weight excluding hydrogens is 930 g/mol. The van der Waals surface area contributed by atoms with Crippen molar-refractivity contribution in [2.75, 3.05) is 111 Å². The molecule has 0 aliphatic carbocycles. The summed E-state index contributed by atoms with van der Waals surface area (Å²) in [5, 5.41) is 14.2. The molecule has 6 heterocycles. The Hall–Kier alpha value is -6.89. The van der Waals surface area contributed by atoms with Crippen LogP contribution in [0, 0.1) is 17.7 Å². The molecule has 4 fully saturated rings. The highest BCUT2D eigenvalue weighted by molar-refractivity contribution is 6.03. The van der Waals surface area contributed by atoms with Crippen molar-refractivity contribution >= 4 is 46.0 Å². The number of nitrogens with zero attached hydrogens (tertiary/aromatic N) is 8. The van der Waals surface area contributed by atoms with Gasteiger partial charge in [0.05, 0.1) is 35.4 Å². The maximum Gasteiger partial charge on any atom is 0.274 e. The van der Waals surface area contributed by atoms with Crippen molar-refractivity contribution in [1.82, 2.24) is 49.9 Å². The van der Waals surface area contributed by atoms with E-state index in [0.717, 1.165) is 69.5 Å². The second kappa shape index (κ2) is 23.3. The van der Waals surface area contributed by atoms with E-state index in [-0.39, 0.29) is 52.9 Å². The lowest BCUT2D eigenvalue weighted by molar-refractivity contribution is -0.134. The highest BCUT2D eigenvalue weighted by Gasteiger charge is 2.31. The summed E-state index contributed by atoms with van der Waals surface area (Å²) in [7, 11) is 1.81. The number of fused-ring (bicyclic) bond motifs is 1. The largest absolute Gasteiger partial charge is 0.345 e. The summed E-state index contributed by atoms with van der Waals surface area (Å²) in [6.45, 7) is 10.1. The second-order valence-electron chi connectivity index (χ2n) is 20.1. The number of amides is 5. The van der Waals surface area contributed by atoms with Gasteiger partial charge in [-0.1, -0.05) is 55.5 Å². The average Bonchev–Trinajstić information content (AvgIpc) is 3.41. The number of benzene rings is 3. The molecule has 0 spiro atoms. The van der Waals surface area contributed by atoms with Crippen molar-refractivity contribution < 1.29 is 28.4 Å². The number of carbonyl (C=O) groups is 5. The Labute approximate surface area is 425 Å². The lowest BCUT2D eigenvalue weighted by atomic mass is 9.96. The normalized spacial score (nSPS) is 18.3. The number of halogens is 1. The zero-order chi connectivity index (χ0) is 51.0. The van der Waals surface area contributed by atoms with E-state index in [1.165, 1.54) is 11.6 Å². The van der Waals surface area contributed by atoms with Crippen LogP contribution in [-0.2, 0) is 27.2 Å². The highest BCUT2D eigenvalue weighted by Crippen LogP contribution is 2.28. The third-order valence-corrected chi connectivity index (χ3v) is 15.0. The summed E-state index contributed by atoms with van der Waals surface area (Å²) in [6, 6.07) is 21.6.